The second kappa shape index (κ2) is 7.73. The molecule has 1 aromatic carbocycles. The Labute approximate surface area is 162 Å². The zero-order valence-electron chi connectivity index (χ0n) is 16.0. The molecule has 0 fully saturated rings. The van der Waals surface area contributed by atoms with E-state index >= 15 is 0 Å². The lowest BCUT2D eigenvalue weighted by atomic mass is 10.1. The highest BCUT2D eigenvalue weighted by molar-refractivity contribution is 7.89. The van der Waals surface area contributed by atoms with Gasteiger partial charge in [-0.3, -0.25) is 4.79 Å². The molecule has 0 aliphatic carbocycles. The predicted octanol–water partition coefficient (Wildman–Crippen LogP) is 2.34. The predicted molar refractivity (Wildman–Crippen MR) is 107 cm³/mol. The molecular weight excluding hydrogens is 380 g/mol. The summed E-state index contributed by atoms with van der Waals surface area (Å²) in [6.45, 7) is 6.13. The Kier molecular flexibility index (Phi) is 5.53. The molecule has 0 radical (unpaired) electrons. The van der Waals surface area contributed by atoms with Gasteiger partial charge in [0.2, 0.25) is 10.0 Å². The summed E-state index contributed by atoms with van der Waals surface area (Å²) in [6, 6.07) is 9.34. The minimum atomic E-state index is -3.70. The third kappa shape index (κ3) is 3.79. The van der Waals surface area contributed by atoms with Crippen molar-refractivity contribution in [2.24, 2.45) is 0 Å². The number of aromatic nitrogens is 1. The molecule has 148 valence electrons. The quantitative estimate of drug-likeness (QED) is 0.591. The summed E-state index contributed by atoms with van der Waals surface area (Å²) in [5.41, 5.74) is 1.09. The van der Waals surface area contributed by atoms with Crippen LogP contribution in [0.1, 0.15) is 25.0 Å². The number of sulfonamides is 1. The summed E-state index contributed by atoms with van der Waals surface area (Å²) in [7, 11) is -3.70. The molecule has 3 aromatic rings. The Bertz CT molecular complexity index is 1240. The normalized spacial score (nSPS) is 12.0. The molecule has 8 heteroatoms. The van der Waals surface area contributed by atoms with Crippen LogP contribution in [0.25, 0.3) is 11.0 Å². The molecule has 0 N–H and O–H groups in total. The van der Waals surface area contributed by atoms with Crippen molar-refractivity contribution in [3.8, 4) is 0 Å². The molecule has 0 unspecified atom stereocenters. The van der Waals surface area contributed by atoms with Gasteiger partial charge >= 0.3 is 5.63 Å². The van der Waals surface area contributed by atoms with E-state index in [1.165, 1.54) is 33.3 Å². The maximum atomic E-state index is 12.8. The van der Waals surface area contributed by atoms with Crippen molar-refractivity contribution < 1.29 is 12.8 Å². The highest BCUT2D eigenvalue weighted by Gasteiger charge is 2.22. The Morgan fingerprint density at radius 2 is 1.75 bits per heavy atom. The zero-order valence-corrected chi connectivity index (χ0v) is 16.8. The third-order valence-corrected chi connectivity index (χ3v) is 6.66. The van der Waals surface area contributed by atoms with Gasteiger partial charge in [-0.15, -0.1) is 0 Å². The molecule has 0 saturated carbocycles. The fourth-order valence-electron chi connectivity index (χ4n) is 3.15. The standard InChI is InChI=1S/C20H22N2O5S/c1-4-22(5-2)28(25,26)16-7-9-19(23)21(13-16)12-15-11-20(24)27-18-10-14(3)6-8-17(15)18/h6-11,13H,4-5,12H2,1-3H3. The monoisotopic (exact) mass is 402 g/mol. The lowest BCUT2D eigenvalue weighted by Gasteiger charge is -2.19. The van der Waals surface area contributed by atoms with Gasteiger partial charge in [-0.25, -0.2) is 13.2 Å². The van der Waals surface area contributed by atoms with E-state index in [-0.39, 0.29) is 17.0 Å². The fraction of sp³-hybridized carbons (Fsp3) is 0.300. The molecule has 0 spiro atoms. The Balaban J connectivity index is 2.11. The summed E-state index contributed by atoms with van der Waals surface area (Å²) in [5.74, 6) is 0. The van der Waals surface area contributed by atoms with Crippen LogP contribution < -0.4 is 11.2 Å². The minimum Gasteiger partial charge on any atom is -0.423 e. The average Bonchev–Trinajstić information content (AvgIpc) is 2.63. The summed E-state index contributed by atoms with van der Waals surface area (Å²) in [6.07, 6.45) is 1.32. The minimum absolute atomic E-state index is 0.0407. The third-order valence-electron chi connectivity index (χ3n) is 4.63. The van der Waals surface area contributed by atoms with Crippen LogP contribution >= 0.6 is 0 Å². The van der Waals surface area contributed by atoms with Crippen molar-refractivity contribution in [3.05, 3.63) is 74.5 Å². The molecular formula is C20H22N2O5S. The van der Waals surface area contributed by atoms with Crippen LogP contribution in [0.4, 0.5) is 0 Å². The van der Waals surface area contributed by atoms with Gasteiger partial charge in [-0.1, -0.05) is 26.0 Å². The van der Waals surface area contributed by atoms with E-state index < -0.39 is 15.6 Å². The highest BCUT2D eigenvalue weighted by atomic mass is 32.2. The molecule has 0 amide bonds. The Morgan fingerprint density at radius 3 is 2.43 bits per heavy atom. The lowest BCUT2D eigenvalue weighted by molar-refractivity contribution is 0.444. The van der Waals surface area contributed by atoms with E-state index in [0.717, 1.165) is 5.56 Å². The van der Waals surface area contributed by atoms with Gasteiger partial charge < -0.3 is 8.98 Å². The zero-order chi connectivity index (χ0) is 20.5. The topological polar surface area (TPSA) is 89.6 Å². The number of hydrogen-bond acceptors (Lipinski definition) is 5. The maximum Gasteiger partial charge on any atom is 0.336 e. The molecule has 0 atom stereocenters. The van der Waals surface area contributed by atoms with E-state index in [4.69, 9.17) is 4.42 Å². The van der Waals surface area contributed by atoms with Gasteiger partial charge in [0.1, 0.15) is 5.58 Å². The van der Waals surface area contributed by atoms with Crippen LogP contribution in [0, 0.1) is 6.92 Å². The van der Waals surface area contributed by atoms with Crippen molar-refractivity contribution in [2.45, 2.75) is 32.2 Å². The van der Waals surface area contributed by atoms with Crippen LogP contribution in [0.15, 0.2) is 61.5 Å². The first kappa shape index (κ1) is 20.0. The molecule has 0 aliphatic rings. The number of fused-ring (bicyclic) bond motifs is 1. The smallest absolute Gasteiger partial charge is 0.336 e. The fourth-order valence-corrected chi connectivity index (χ4v) is 4.63. The summed E-state index contributed by atoms with van der Waals surface area (Å²) < 4.78 is 33.4. The first-order valence-corrected chi connectivity index (χ1v) is 10.4. The van der Waals surface area contributed by atoms with E-state index in [1.54, 1.807) is 19.9 Å². The van der Waals surface area contributed by atoms with Crippen molar-refractivity contribution in [1.29, 1.82) is 0 Å². The first-order valence-electron chi connectivity index (χ1n) is 9.00. The Morgan fingerprint density at radius 1 is 1.04 bits per heavy atom. The van der Waals surface area contributed by atoms with Crippen molar-refractivity contribution in [3.63, 3.8) is 0 Å². The largest absolute Gasteiger partial charge is 0.423 e. The molecule has 0 aliphatic heterocycles. The number of pyridine rings is 1. The van der Waals surface area contributed by atoms with Gasteiger partial charge in [-0.2, -0.15) is 4.31 Å². The first-order chi connectivity index (χ1) is 13.3. The molecule has 0 bridgehead atoms. The average molecular weight is 402 g/mol. The summed E-state index contributed by atoms with van der Waals surface area (Å²) >= 11 is 0. The van der Waals surface area contributed by atoms with Crippen LogP contribution in [0.2, 0.25) is 0 Å². The molecule has 0 saturated heterocycles. The lowest BCUT2D eigenvalue weighted by Crippen LogP contribution is -2.32. The van der Waals surface area contributed by atoms with Gasteiger partial charge in [0.15, 0.2) is 0 Å². The molecule has 7 nitrogen and oxygen atoms in total. The van der Waals surface area contributed by atoms with Crippen LogP contribution in [-0.2, 0) is 16.6 Å². The highest BCUT2D eigenvalue weighted by Crippen LogP contribution is 2.20. The SMILES string of the molecule is CCN(CC)S(=O)(=O)c1ccc(=O)n(Cc2cc(=O)oc3cc(C)ccc23)c1. The summed E-state index contributed by atoms with van der Waals surface area (Å²) in [4.78, 5) is 24.3. The van der Waals surface area contributed by atoms with Crippen molar-refractivity contribution in [2.75, 3.05) is 13.1 Å². The van der Waals surface area contributed by atoms with E-state index in [1.807, 2.05) is 19.1 Å². The second-order valence-corrected chi connectivity index (χ2v) is 8.45. The van der Waals surface area contributed by atoms with Crippen LogP contribution in [-0.4, -0.2) is 30.4 Å². The van der Waals surface area contributed by atoms with Crippen LogP contribution in [0.5, 0.6) is 0 Å². The maximum absolute atomic E-state index is 12.8. The molecule has 2 aromatic heterocycles. The summed E-state index contributed by atoms with van der Waals surface area (Å²) in [5, 5.41) is 0.703. The number of benzene rings is 1. The Hall–Kier alpha value is -2.71. The number of rotatable bonds is 6. The van der Waals surface area contributed by atoms with Crippen molar-refractivity contribution >= 4 is 21.0 Å². The molecule has 3 rings (SSSR count). The van der Waals surface area contributed by atoms with Gasteiger partial charge in [-0.05, 0) is 30.2 Å². The van der Waals surface area contributed by atoms with Gasteiger partial charge in [0, 0.05) is 36.8 Å². The molecule has 2 heterocycles. The van der Waals surface area contributed by atoms with Gasteiger partial charge in [0.05, 0.1) is 11.4 Å². The molecule has 28 heavy (non-hydrogen) atoms. The van der Waals surface area contributed by atoms with E-state index in [9.17, 15) is 18.0 Å². The number of aryl methyl sites for hydroxylation is 1. The van der Waals surface area contributed by atoms with E-state index in [0.29, 0.717) is 29.6 Å². The number of hydrogen-bond donors (Lipinski definition) is 0. The number of nitrogens with zero attached hydrogens (tertiary/aromatic N) is 2. The van der Waals surface area contributed by atoms with E-state index in [2.05, 4.69) is 0 Å². The van der Waals surface area contributed by atoms with Crippen molar-refractivity contribution in [1.82, 2.24) is 8.87 Å². The van der Waals surface area contributed by atoms with Crippen LogP contribution in [0.3, 0.4) is 0 Å². The van der Waals surface area contributed by atoms with Gasteiger partial charge in [0.25, 0.3) is 5.56 Å². The second-order valence-electron chi connectivity index (χ2n) is 6.51.